The zero-order valence-electron chi connectivity index (χ0n) is 12.6. The maximum atomic E-state index is 13.7. The van der Waals surface area contributed by atoms with E-state index in [9.17, 15) is 4.21 Å². The van der Waals surface area contributed by atoms with Crippen molar-refractivity contribution < 1.29 is 8.95 Å². The largest absolute Gasteiger partial charge is 0.379 e. The Morgan fingerprint density at radius 3 is 2.27 bits per heavy atom. The van der Waals surface area contributed by atoms with Gasteiger partial charge in [0.25, 0.3) is 0 Å². The third kappa shape index (κ3) is 3.21. The fraction of sp³-hybridized carbons (Fsp3) is 0.294. The molecule has 0 aliphatic carbocycles. The van der Waals surface area contributed by atoms with Crippen LogP contribution in [0, 0.1) is 6.92 Å². The van der Waals surface area contributed by atoms with Crippen molar-refractivity contribution in [2.45, 2.75) is 11.8 Å². The molecule has 1 heterocycles. The molecule has 4 nitrogen and oxygen atoms in total. The lowest BCUT2D eigenvalue weighted by Gasteiger charge is -2.29. The molecule has 0 N–H and O–H groups in total. The first-order chi connectivity index (χ1) is 10.7. The summed E-state index contributed by atoms with van der Waals surface area (Å²) in [5.41, 5.74) is 1.91. The van der Waals surface area contributed by atoms with Crippen molar-refractivity contribution in [3.05, 3.63) is 60.2 Å². The maximum Gasteiger partial charge on any atom is 0.144 e. The Morgan fingerprint density at radius 1 is 1.00 bits per heavy atom. The third-order valence-corrected chi connectivity index (χ3v) is 6.04. The molecule has 1 unspecified atom stereocenters. The van der Waals surface area contributed by atoms with Gasteiger partial charge in [0.05, 0.1) is 23.8 Å². The van der Waals surface area contributed by atoms with Crippen LogP contribution in [0.25, 0.3) is 0 Å². The van der Waals surface area contributed by atoms with Gasteiger partial charge in [0.1, 0.15) is 9.92 Å². The molecule has 22 heavy (non-hydrogen) atoms. The van der Waals surface area contributed by atoms with E-state index in [0.717, 1.165) is 16.1 Å². The lowest BCUT2D eigenvalue weighted by molar-refractivity contribution is 0.0745. The molecule has 3 rings (SSSR count). The van der Waals surface area contributed by atoms with Crippen LogP contribution in [-0.2, 0) is 14.7 Å². The first-order valence-corrected chi connectivity index (χ1v) is 8.87. The van der Waals surface area contributed by atoms with Crippen molar-refractivity contribution in [2.24, 2.45) is 4.36 Å². The molecule has 116 valence electrons. The van der Waals surface area contributed by atoms with Gasteiger partial charge < -0.3 is 4.74 Å². The standard InChI is InChI=1S/C17H20N2O2S/c1-15-7-9-16(10-8-15)18-22(20,17-5-3-2-4-6-17)19-11-13-21-14-12-19/h2-10H,11-14H2,1H3. The van der Waals surface area contributed by atoms with Gasteiger partial charge in [0, 0.05) is 13.1 Å². The SMILES string of the molecule is Cc1ccc(N=S(=O)(c2ccccc2)N2CCOCC2)cc1. The topological polar surface area (TPSA) is 41.9 Å². The second-order valence-corrected chi connectivity index (χ2v) is 7.44. The van der Waals surface area contributed by atoms with E-state index in [1.807, 2.05) is 65.8 Å². The van der Waals surface area contributed by atoms with Crippen molar-refractivity contribution in [1.29, 1.82) is 0 Å². The first-order valence-electron chi connectivity index (χ1n) is 7.40. The molecule has 1 aliphatic rings. The van der Waals surface area contributed by atoms with Gasteiger partial charge in [-0.25, -0.2) is 8.51 Å². The zero-order chi connectivity index (χ0) is 15.4. The highest BCUT2D eigenvalue weighted by Gasteiger charge is 2.24. The van der Waals surface area contributed by atoms with E-state index in [4.69, 9.17) is 4.74 Å². The molecule has 0 bridgehead atoms. The molecule has 0 aromatic heterocycles. The molecule has 2 aromatic rings. The minimum absolute atomic E-state index is 0.591. The van der Waals surface area contributed by atoms with Gasteiger partial charge in [-0.3, -0.25) is 0 Å². The summed E-state index contributed by atoms with van der Waals surface area (Å²) in [6, 6.07) is 17.3. The van der Waals surface area contributed by atoms with Crippen LogP contribution in [0.3, 0.4) is 0 Å². The lowest BCUT2D eigenvalue weighted by atomic mass is 10.2. The highest BCUT2D eigenvalue weighted by atomic mass is 32.2. The monoisotopic (exact) mass is 316 g/mol. The number of hydrogen-bond donors (Lipinski definition) is 0. The molecule has 1 atom stereocenters. The molecule has 2 aromatic carbocycles. The molecular formula is C17H20N2O2S. The number of rotatable bonds is 3. The van der Waals surface area contributed by atoms with Crippen LogP contribution in [0.4, 0.5) is 5.69 Å². The van der Waals surface area contributed by atoms with Gasteiger partial charge in [-0.05, 0) is 31.2 Å². The molecule has 0 spiro atoms. The summed E-state index contributed by atoms with van der Waals surface area (Å²) in [6.07, 6.45) is 0. The molecule has 1 fully saturated rings. The lowest BCUT2D eigenvalue weighted by Crippen LogP contribution is -2.40. The van der Waals surface area contributed by atoms with E-state index in [0.29, 0.717) is 26.3 Å². The molecular weight excluding hydrogens is 296 g/mol. The van der Waals surface area contributed by atoms with Crippen molar-refractivity contribution >= 4 is 15.6 Å². The van der Waals surface area contributed by atoms with E-state index in [1.165, 1.54) is 0 Å². The smallest absolute Gasteiger partial charge is 0.144 e. The fourth-order valence-electron chi connectivity index (χ4n) is 2.40. The third-order valence-electron chi connectivity index (χ3n) is 3.63. The number of benzene rings is 2. The summed E-state index contributed by atoms with van der Waals surface area (Å²) >= 11 is 0. The van der Waals surface area contributed by atoms with Crippen LogP contribution in [-0.4, -0.2) is 34.8 Å². The Hall–Kier alpha value is -1.69. The number of ether oxygens (including phenoxy) is 1. The number of morpholine rings is 1. The predicted molar refractivity (Wildman–Crippen MR) is 88.5 cm³/mol. The highest BCUT2D eigenvalue weighted by Crippen LogP contribution is 2.25. The Morgan fingerprint density at radius 2 is 1.64 bits per heavy atom. The summed E-state index contributed by atoms with van der Waals surface area (Å²) < 4.78 is 25.6. The van der Waals surface area contributed by atoms with Crippen LogP contribution in [0.1, 0.15) is 5.56 Å². The van der Waals surface area contributed by atoms with Gasteiger partial charge in [0.15, 0.2) is 0 Å². The minimum Gasteiger partial charge on any atom is -0.379 e. The highest BCUT2D eigenvalue weighted by molar-refractivity contribution is 7.91. The van der Waals surface area contributed by atoms with Crippen molar-refractivity contribution in [3.63, 3.8) is 0 Å². The first kappa shape index (κ1) is 15.2. The average molecular weight is 316 g/mol. The van der Waals surface area contributed by atoms with Crippen molar-refractivity contribution in [2.75, 3.05) is 26.3 Å². The summed E-state index contributed by atoms with van der Waals surface area (Å²) in [5, 5.41) is 0. The van der Waals surface area contributed by atoms with Crippen molar-refractivity contribution in [1.82, 2.24) is 4.31 Å². The average Bonchev–Trinajstić information content (AvgIpc) is 2.58. The number of hydrogen-bond acceptors (Lipinski definition) is 3. The van der Waals surface area contributed by atoms with Crippen LogP contribution >= 0.6 is 0 Å². The molecule has 1 aliphatic heterocycles. The molecule has 0 saturated carbocycles. The minimum atomic E-state index is -2.66. The van der Waals surface area contributed by atoms with Crippen LogP contribution < -0.4 is 0 Å². The van der Waals surface area contributed by atoms with Gasteiger partial charge in [-0.15, -0.1) is 0 Å². The summed E-state index contributed by atoms with van der Waals surface area (Å²) in [7, 11) is -2.66. The fourth-order valence-corrected chi connectivity index (χ4v) is 4.48. The van der Waals surface area contributed by atoms with Gasteiger partial charge in [-0.2, -0.15) is 4.36 Å². The van der Waals surface area contributed by atoms with Crippen LogP contribution in [0.5, 0.6) is 0 Å². The molecule has 1 saturated heterocycles. The summed E-state index contributed by atoms with van der Waals surface area (Å²) in [5.74, 6) is 0. The quantitative estimate of drug-likeness (QED) is 0.871. The van der Waals surface area contributed by atoms with E-state index in [1.54, 1.807) is 0 Å². The Balaban J connectivity index is 2.10. The number of aryl methyl sites for hydroxylation is 1. The summed E-state index contributed by atoms with van der Waals surface area (Å²) in [6.45, 7) is 4.47. The Labute approximate surface area is 132 Å². The van der Waals surface area contributed by atoms with Crippen LogP contribution in [0.2, 0.25) is 0 Å². The molecule has 0 radical (unpaired) electrons. The summed E-state index contributed by atoms with van der Waals surface area (Å²) in [4.78, 5) is 0.748. The second-order valence-electron chi connectivity index (χ2n) is 5.28. The van der Waals surface area contributed by atoms with Gasteiger partial charge in [0.2, 0.25) is 0 Å². The normalized spacial score (nSPS) is 18.6. The molecule has 0 amide bonds. The maximum absolute atomic E-state index is 13.7. The van der Waals surface area contributed by atoms with E-state index < -0.39 is 9.92 Å². The van der Waals surface area contributed by atoms with Gasteiger partial charge >= 0.3 is 0 Å². The van der Waals surface area contributed by atoms with E-state index in [-0.39, 0.29) is 0 Å². The predicted octanol–water partition coefficient (Wildman–Crippen LogP) is 3.40. The zero-order valence-corrected chi connectivity index (χ0v) is 13.5. The second kappa shape index (κ2) is 6.60. The Kier molecular flexibility index (Phi) is 4.57. The van der Waals surface area contributed by atoms with Gasteiger partial charge in [-0.1, -0.05) is 35.9 Å². The van der Waals surface area contributed by atoms with E-state index >= 15 is 0 Å². The van der Waals surface area contributed by atoms with Crippen LogP contribution in [0.15, 0.2) is 63.9 Å². The van der Waals surface area contributed by atoms with E-state index in [2.05, 4.69) is 4.36 Å². The molecule has 5 heteroatoms. The Bertz CT molecular complexity index is 729. The number of nitrogens with zero attached hydrogens (tertiary/aromatic N) is 2. The van der Waals surface area contributed by atoms with Crippen molar-refractivity contribution in [3.8, 4) is 0 Å².